The maximum absolute atomic E-state index is 11.6. The van der Waals surface area contributed by atoms with Crippen LogP contribution in [-0.4, -0.2) is 35.0 Å². The van der Waals surface area contributed by atoms with Crippen LogP contribution in [0, 0.1) is 20.2 Å². The first-order valence-corrected chi connectivity index (χ1v) is 8.21. The molecule has 29 heavy (non-hydrogen) atoms. The van der Waals surface area contributed by atoms with E-state index >= 15 is 0 Å². The molecule has 0 heterocycles. The Kier molecular flexibility index (Phi) is 7.74. The quantitative estimate of drug-likeness (QED) is 0.330. The topological polar surface area (TPSA) is 148 Å². The lowest BCUT2D eigenvalue weighted by Gasteiger charge is -2.07. The van der Waals surface area contributed by atoms with Crippen LogP contribution in [0.25, 0.3) is 0 Å². The molecule has 0 aliphatic heterocycles. The first-order chi connectivity index (χ1) is 13.8. The van der Waals surface area contributed by atoms with Gasteiger partial charge < -0.3 is 14.2 Å². The van der Waals surface area contributed by atoms with Crippen molar-refractivity contribution in [3.05, 3.63) is 79.9 Å². The van der Waals surface area contributed by atoms with Crippen LogP contribution in [0.2, 0.25) is 0 Å². The Balaban J connectivity index is 1.63. The van der Waals surface area contributed by atoms with Crippen molar-refractivity contribution in [1.29, 1.82) is 0 Å². The zero-order valence-electron chi connectivity index (χ0n) is 15.0. The van der Waals surface area contributed by atoms with Gasteiger partial charge in [-0.3, -0.25) is 20.2 Å². The minimum atomic E-state index is -0.716. The molecule has 0 radical (unpaired) electrons. The third-order valence-electron chi connectivity index (χ3n) is 3.53. The molecule has 0 atom stereocenters. The SMILES string of the molecule is O=C(COCC(=O)OCc1ccc([N+](=O)[O-])cc1)OCc1ccc([N+](=O)[O-])cc1. The lowest BCUT2D eigenvalue weighted by atomic mass is 10.2. The third kappa shape index (κ3) is 7.34. The maximum Gasteiger partial charge on any atom is 0.332 e. The number of nitro benzene ring substituents is 2. The second-order valence-corrected chi connectivity index (χ2v) is 5.66. The summed E-state index contributed by atoms with van der Waals surface area (Å²) in [6.07, 6.45) is 0. The summed E-state index contributed by atoms with van der Waals surface area (Å²) >= 11 is 0. The van der Waals surface area contributed by atoms with Crippen LogP contribution in [0.4, 0.5) is 11.4 Å². The van der Waals surface area contributed by atoms with Crippen LogP contribution < -0.4 is 0 Å². The predicted octanol–water partition coefficient (Wildman–Crippen LogP) is 2.31. The summed E-state index contributed by atoms with van der Waals surface area (Å²) in [6.45, 7) is -1.13. The van der Waals surface area contributed by atoms with Crippen molar-refractivity contribution < 1.29 is 33.6 Å². The summed E-state index contributed by atoms with van der Waals surface area (Å²) in [5, 5.41) is 21.1. The summed E-state index contributed by atoms with van der Waals surface area (Å²) in [6, 6.07) is 11.0. The van der Waals surface area contributed by atoms with E-state index in [1.165, 1.54) is 48.5 Å². The van der Waals surface area contributed by atoms with E-state index in [9.17, 15) is 29.8 Å². The van der Waals surface area contributed by atoms with E-state index in [2.05, 4.69) is 0 Å². The van der Waals surface area contributed by atoms with Crippen LogP contribution in [-0.2, 0) is 37.0 Å². The molecule has 0 unspecified atom stereocenters. The fourth-order valence-electron chi connectivity index (χ4n) is 2.06. The molecule has 0 N–H and O–H groups in total. The van der Waals surface area contributed by atoms with Gasteiger partial charge in [-0.05, 0) is 35.4 Å². The van der Waals surface area contributed by atoms with Gasteiger partial charge in [0.05, 0.1) is 9.85 Å². The van der Waals surface area contributed by atoms with Crippen molar-refractivity contribution in [2.24, 2.45) is 0 Å². The fourth-order valence-corrected chi connectivity index (χ4v) is 2.06. The van der Waals surface area contributed by atoms with Gasteiger partial charge >= 0.3 is 11.9 Å². The van der Waals surface area contributed by atoms with Gasteiger partial charge in [-0.25, -0.2) is 9.59 Å². The molecule has 0 bridgehead atoms. The number of hydrogen-bond acceptors (Lipinski definition) is 9. The van der Waals surface area contributed by atoms with Crippen molar-refractivity contribution in [1.82, 2.24) is 0 Å². The Morgan fingerprint density at radius 3 is 1.34 bits per heavy atom. The van der Waals surface area contributed by atoms with Crippen LogP contribution in [0.1, 0.15) is 11.1 Å². The average Bonchev–Trinajstić information content (AvgIpc) is 2.71. The van der Waals surface area contributed by atoms with Crippen LogP contribution in [0.5, 0.6) is 0 Å². The van der Waals surface area contributed by atoms with E-state index in [4.69, 9.17) is 14.2 Å². The minimum absolute atomic E-state index is 0.0735. The molecule has 0 spiro atoms. The smallest absolute Gasteiger partial charge is 0.332 e. The van der Waals surface area contributed by atoms with E-state index in [1.807, 2.05) is 0 Å². The van der Waals surface area contributed by atoms with Gasteiger partial charge in [0, 0.05) is 24.3 Å². The van der Waals surface area contributed by atoms with Crippen molar-refractivity contribution in [2.75, 3.05) is 13.2 Å². The van der Waals surface area contributed by atoms with E-state index in [1.54, 1.807) is 0 Å². The summed E-state index contributed by atoms with van der Waals surface area (Å²) in [5.74, 6) is -1.43. The van der Waals surface area contributed by atoms with Crippen LogP contribution in [0.3, 0.4) is 0 Å². The zero-order chi connectivity index (χ0) is 21.2. The molecule has 2 aromatic carbocycles. The molecule has 2 aromatic rings. The highest BCUT2D eigenvalue weighted by Crippen LogP contribution is 2.13. The molecular formula is C18H16N2O9. The maximum atomic E-state index is 11.6. The molecule has 0 saturated heterocycles. The van der Waals surface area contributed by atoms with Crippen molar-refractivity contribution in [3.63, 3.8) is 0 Å². The standard InChI is InChI=1S/C18H16N2O9/c21-17(28-9-13-1-5-15(6-2-13)19(23)24)11-27-12-18(22)29-10-14-3-7-16(8-4-14)20(25)26/h1-8H,9-12H2. The summed E-state index contributed by atoms with van der Waals surface area (Å²) in [7, 11) is 0. The predicted molar refractivity (Wildman–Crippen MR) is 96.6 cm³/mol. The number of hydrogen-bond donors (Lipinski definition) is 0. The van der Waals surface area contributed by atoms with E-state index in [0.29, 0.717) is 11.1 Å². The van der Waals surface area contributed by atoms with E-state index in [0.717, 1.165) is 0 Å². The Bertz CT molecular complexity index is 806. The molecule has 0 aliphatic rings. The first kappa shape index (κ1) is 21.4. The second kappa shape index (κ2) is 10.5. The van der Waals surface area contributed by atoms with Crippen LogP contribution >= 0.6 is 0 Å². The van der Waals surface area contributed by atoms with Gasteiger partial charge in [-0.15, -0.1) is 0 Å². The number of nitrogens with zero attached hydrogens (tertiary/aromatic N) is 2. The number of nitro groups is 2. The lowest BCUT2D eigenvalue weighted by Crippen LogP contribution is -2.18. The van der Waals surface area contributed by atoms with Crippen molar-refractivity contribution >= 4 is 23.3 Å². The Hall–Kier alpha value is -3.86. The molecule has 0 amide bonds. The van der Waals surface area contributed by atoms with Crippen molar-refractivity contribution in [3.8, 4) is 0 Å². The van der Waals surface area contributed by atoms with Gasteiger partial charge in [-0.2, -0.15) is 0 Å². The number of carbonyl (C=O) groups is 2. The second-order valence-electron chi connectivity index (χ2n) is 5.66. The lowest BCUT2D eigenvalue weighted by molar-refractivity contribution is -0.385. The first-order valence-electron chi connectivity index (χ1n) is 8.21. The molecule has 0 fully saturated rings. The Morgan fingerprint density at radius 2 is 1.03 bits per heavy atom. The number of non-ortho nitro benzene ring substituents is 2. The van der Waals surface area contributed by atoms with Gasteiger partial charge in [0.15, 0.2) is 0 Å². The van der Waals surface area contributed by atoms with Crippen molar-refractivity contribution in [2.45, 2.75) is 13.2 Å². The van der Waals surface area contributed by atoms with Crippen LogP contribution in [0.15, 0.2) is 48.5 Å². The largest absolute Gasteiger partial charge is 0.459 e. The number of ether oxygens (including phenoxy) is 3. The van der Waals surface area contributed by atoms with Gasteiger partial charge in [0.1, 0.15) is 26.4 Å². The Morgan fingerprint density at radius 1 is 0.690 bits per heavy atom. The number of carbonyl (C=O) groups excluding carboxylic acids is 2. The summed E-state index contributed by atoms with van der Waals surface area (Å²) in [4.78, 5) is 43.2. The van der Waals surface area contributed by atoms with Gasteiger partial charge in [0.25, 0.3) is 11.4 Å². The van der Waals surface area contributed by atoms with Gasteiger partial charge in [0.2, 0.25) is 0 Å². The minimum Gasteiger partial charge on any atom is -0.459 e. The molecule has 11 nitrogen and oxygen atoms in total. The Labute approximate surface area is 164 Å². The molecule has 152 valence electrons. The highest BCUT2D eigenvalue weighted by molar-refractivity contribution is 5.73. The molecule has 0 aromatic heterocycles. The number of benzene rings is 2. The molecule has 2 rings (SSSR count). The summed E-state index contributed by atoms with van der Waals surface area (Å²) < 4.78 is 14.8. The molecular weight excluding hydrogens is 388 g/mol. The van der Waals surface area contributed by atoms with E-state index < -0.39 is 35.0 Å². The normalized spacial score (nSPS) is 10.2. The highest BCUT2D eigenvalue weighted by atomic mass is 16.6. The third-order valence-corrected chi connectivity index (χ3v) is 3.53. The summed E-state index contributed by atoms with van der Waals surface area (Å²) in [5.41, 5.74) is 0.976. The molecule has 11 heteroatoms. The average molecular weight is 404 g/mol. The highest BCUT2D eigenvalue weighted by Gasteiger charge is 2.10. The zero-order valence-corrected chi connectivity index (χ0v) is 15.0. The number of esters is 2. The number of rotatable bonds is 10. The monoisotopic (exact) mass is 404 g/mol. The fraction of sp³-hybridized carbons (Fsp3) is 0.222. The van der Waals surface area contributed by atoms with E-state index in [-0.39, 0.29) is 24.6 Å². The molecule has 0 aliphatic carbocycles. The molecule has 0 saturated carbocycles. The van der Waals surface area contributed by atoms with Gasteiger partial charge in [-0.1, -0.05) is 0 Å².